The van der Waals surface area contributed by atoms with Gasteiger partial charge in [-0.15, -0.1) is 0 Å². The lowest BCUT2D eigenvalue weighted by Crippen LogP contribution is -2.31. The van der Waals surface area contributed by atoms with Gasteiger partial charge in [-0.2, -0.15) is 10.4 Å². The number of nitriles is 1. The van der Waals surface area contributed by atoms with E-state index in [9.17, 15) is 14.4 Å². The van der Waals surface area contributed by atoms with Gasteiger partial charge in [-0.1, -0.05) is 17.7 Å². The number of rotatable bonds is 5. The van der Waals surface area contributed by atoms with Crippen molar-refractivity contribution in [3.05, 3.63) is 82.4 Å². The van der Waals surface area contributed by atoms with Gasteiger partial charge in [0.05, 0.1) is 29.6 Å². The summed E-state index contributed by atoms with van der Waals surface area (Å²) in [6.07, 6.45) is 3.68. The molecule has 35 heavy (non-hydrogen) atoms. The monoisotopic (exact) mass is 487 g/mol. The molecule has 3 heterocycles. The number of carbonyl (C=O) groups is 1. The summed E-state index contributed by atoms with van der Waals surface area (Å²) in [4.78, 5) is 23.5. The number of nitrogens with one attached hydrogen (secondary N) is 1. The Bertz CT molecular complexity index is 1470. The van der Waals surface area contributed by atoms with Gasteiger partial charge < -0.3 is 10.2 Å². The zero-order valence-corrected chi connectivity index (χ0v) is 19.4. The molecule has 1 N–H and O–H groups in total. The fraction of sp³-hybridized carbons (Fsp3) is 0.160. The van der Waals surface area contributed by atoms with E-state index in [4.69, 9.17) is 11.6 Å². The fourth-order valence-corrected chi connectivity index (χ4v) is 4.40. The highest BCUT2D eigenvalue weighted by Crippen LogP contribution is 2.36. The van der Waals surface area contributed by atoms with Crippen LogP contribution in [0, 0.1) is 17.1 Å². The third-order valence-corrected chi connectivity index (χ3v) is 6.24. The van der Waals surface area contributed by atoms with Gasteiger partial charge in [-0.05, 0) is 42.3 Å². The zero-order valence-electron chi connectivity index (χ0n) is 18.7. The fourth-order valence-electron chi connectivity index (χ4n) is 4.17. The average molecular weight is 488 g/mol. The molecule has 10 heteroatoms. The van der Waals surface area contributed by atoms with Crippen LogP contribution < -0.4 is 10.2 Å². The summed E-state index contributed by atoms with van der Waals surface area (Å²) in [5.41, 5.74) is 3.27. The maximum Gasteiger partial charge on any atom is 0.231 e. The largest absolute Gasteiger partial charge is 0.310 e. The molecule has 1 aliphatic heterocycles. The Morgan fingerprint density at radius 1 is 1.26 bits per heavy atom. The molecule has 0 atom stereocenters. The predicted molar refractivity (Wildman–Crippen MR) is 130 cm³/mol. The summed E-state index contributed by atoms with van der Waals surface area (Å²) >= 11 is 6.11. The van der Waals surface area contributed by atoms with Crippen molar-refractivity contribution < 1.29 is 9.18 Å². The number of benzene rings is 2. The first-order valence-corrected chi connectivity index (χ1v) is 11.2. The van der Waals surface area contributed by atoms with E-state index in [-0.39, 0.29) is 22.9 Å². The first-order chi connectivity index (χ1) is 16.9. The maximum absolute atomic E-state index is 14.2. The smallest absolute Gasteiger partial charge is 0.231 e. The van der Waals surface area contributed by atoms with Gasteiger partial charge in [0.25, 0.3) is 0 Å². The Labute approximate surface area is 205 Å². The molecule has 1 amide bonds. The number of aryl methyl sites for hydroxylation is 1. The second-order valence-electron chi connectivity index (χ2n) is 8.05. The minimum absolute atomic E-state index is 0.150. The normalized spacial score (nSPS) is 12.3. The standard InChI is InChI=1S/C25H19ClFN7O/c1-33-22(6-9-30-33)32-25-29-8-5-21(31-25)16-11-15-7-10-34(24(15)17(12-16)14-28)23(35)13-18-19(26)3-2-4-20(18)27/h2-6,8-9,11-12H,7,10,13H2,1H3,(H,29,31,32). The number of hydrogen-bond acceptors (Lipinski definition) is 6. The molecular weight excluding hydrogens is 469 g/mol. The van der Waals surface area contributed by atoms with E-state index in [1.165, 1.54) is 17.0 Å². The van der Waals surface area contributed by atoms with Crippen LogP contribution in [0.2, 0.25) is 5.02 Å². The van der Waals surface area contributed by atoms with Crippen LogP contribution in [0.4, 0.5) is 21.8 Å². The summed E-state index contributed by atoms with van der Waals surface area (Å²) in [6.45, 7) is 0.398. The molecule has 0 unspecified atom stereocenters. The minimum atomic E-state index is -0.527. The molecule has 0 radical (unpaired) electrons. The molecule has 1 aliphatic rings. The molecular formula is C25H19ClFN7O. The molecule has 8 nitrogen and oxygen atoms in total. The Kier molecular flexibility index (Phi) is 5.89. The molecule has 5 rings (SSSR count). The summed E-state index contributed by atoms with van der Waals surface area (Å²) in [7, 11) is 1.80. The summed E-state index contributed by atoms with van der Waals surface area (Å²) in [5.74, 6) is 0.284. The number of hydrogen-bond donors (Lipinski definition) is 1. The molecule has 2 aromatic carbocycles. The molecule has 174 valence electrons. The summed E-state index contributed by atoms with van der Waals surface area (Å²) in [6, 6.07) is 13.7. The predicted octanol–water partition coefficient (Wildman–Crippen LogP) is 4.42. The van der Waals surface area contributed by atoms with Gasteiger partial charge in [0.1, 0.15) is 17.7 Å². The molecule has 0 bridgehead atoms. The van der Waals surface area contributed by atoms with Crippen LogP contribution in [0.5, 0.6) is 0 Å². The average Bonchev–Trinajstić information content (AvgIpc) is 3.47. The van der Waals surface area contributed by atoms with Crippen molar-refractivity contribution in [1.29, 1.82) is 5.26 Å². The molecule has 4 aromatic rings. The van der Waals surface area contributed by atoms with Crippen molar-refractivity contribution >= 4 is 35.0 Å². The quantitative estimate of drug-likeness (QED) is 0.447. The van der Waals surface area contributed by atoms with Crippen LogP contribution >= 0.6 is 11.6 Å². The number of amides is 1. The Hall–Kier alpha value is -4.29. The molecule has 2 aromatic heterocycles. The zero-order chi connectivity index (χ0) is 24.5. The minimum Gasteiger partial charge on any atom is -0.310 e. The first kappa shape index (κ1) is 22.5. The van der Waals surface area contributed by atoms with Crippen LogP contribution in [0.1, 0.15) is 16.7 Å². The van der Waals surface area contributed by atoms with Crippen LogP contribution in [-0.2, 0) is 24.7 Å². The highest BCUT2D eigenvalue weighted by Gasteiger charge is 2.29. The Morgan fingerprint density at radius 3 is 2.86 bits per heavy atom. The lowest BCUT2D eigenvalue weighted by atomic mass is 10.0. The van der Waals surface area contributed by atoms with Crippen LogP contribution in [0.15, 0.2) is 54.9 Å². The van der Waals surface area contributed by atoms with Gasteiger partial charge in [-0.3, -0.25) is 9.48 Å². The maximum atomic E-state index is 14.2. The third-order valence-electron chi connectivity index (χ3n) is 5.89. The molecule has 0 fully saturated rings. The second-order valence-corrected chi connectivity index (χ2v) is 8.45. The Morgan fingerprint density at radius 2 is 2.11 bits per heavy atom. The SMILES string of the molecule is Cn1nccc1Nc1nccc(-c2cc(C#N)c3c(c2)CCN3C(=O)Cc2c(F)cccc2Cl)n1. The number of aromatic nitrogens is 4. The van der Waals surface area contributed by atoms with Crippen LogP contribution in [0.3, 0.4) is 0 Å². The van der Waals surface area contributed by atoms with Gasteiger partial charge >= 0.3 is 0 Å². The van der Waals surface area contributed by atoms with E-state index in [0.717, 1.165) is 16.9 Å². The van der Waals surface area contributed by atoms with Crippen molar-refractivity contribution in [1.82, 2.24) is 19.7 Å². The first-order valence-electron chi connectivity index (χ1n) is 10.8. The molecule has 0 saturated carbocycles. The van der Waals surface area contributed by atoms with Crippen LogP contribution in [-0.4, -0.2) is 32.2 Å². The molecule has 0 saturated heterocycles. The van der Waals surface area contributed by atoms with Crippen molar-refractivity contribution in [3.63, 3.8) is 0 Å². The third kappa shape index (κ3) is 4.32. The summed E-state index contributed by atoms with van der Waals surface area (Å²) < 4.78 is 15.9. The molecule has 0 aliphatic carbocycles. The van der Waals surface area contributed by atoms with Crippen molar-refractivity contribution in [2.45, 2.75) is 12.8 Å². The van der Waals surface area contributed by atoms with Crippen molar-refractivity contribution in [2.24, 2.45) is 7.05 Å². The van der Waals surface area contributed by atoms with Gasteiger partial charge in [-0.25, -0.2) is 14.4 Å². The number of fused-ring (bicyclic) bond motifs is 1. The van der Waals surface area contributed by atoms with E-state index >= 15 is 0 Å². The van der Waals surface area contributed by atoms with E-state index in [1.807, 2.05) is 6.07 Å². The number of anilines is 3. The Balaban J connectivity index is 1.45. The van der Waals surface area contributed by atoms with E-state index in [1.54, 1.807) is 48.4 Å². The van der Waals surface area contributed by atoms with E-state index < -0.39 is 5.82 Å². The highest BCUT2D eigenvalue weighted by atomic mass is 35.5. The van der Waals surface area contributed by atoms with Crippen molar-refractivity contribution in [3.8, 4) is 17.3 Å². The van der Waals surface area contributed by atoms with E-state index in [0.29, 0.717) is 35.9 Å². The molecule has 0 spiro atoms. The summed E-state index contributed by atoms with van der Waals surface area (Å²) in [5, 5.41) is 17.3. The van der Waals surface area contributed by atoms with Gasteiger partial charge in [0.15, 0.2) is 0 Å². The topological polar surface area (TPSA) is 99.7 Å². The highest BCUT2D eigenvalue weighted by molar-refractivity contribution is 6.31. The number of carbonyl (C=O) groups excluding carboxylic acids is 1. The van der Waals surface area contributed by atoms with Gasteiger partial charge in [0.2, 0.25) is 11.9 Å². The second kappa shape index (κ2) is 9.16. The van der Waals surface area contributed by atoms with Gasteiger partial charge in [0, 0.05) is 42.0 Å². The number of nitrogens with zero attached hydrogens (tertiary/aromatic N) is 6. The lowest BCUT2D eigenvalue weighted by Gasteiger charge is -2.19. The van der Waals surface area contributed by atoms with Crippen molar-refractivity contribution in [2.75, 3.05) is 16.8 Å². The van der Waals surface area contributed by atoms with E-state index in [2.05, 4.69) is 26.5 Å². The van der Waals surface area contributed by atoms with Crippen LogP contribution in [0.25, 0.3) is 11.3 Å². The number of halogens is 2. The lowest BCUT2D eigenvalue weighted by molar-refractivity contribution is -0.117.